The maximum Gasteiger partial charge on any atom is 0.137 e. The van der Waals surface area contributed by atoms with Crippen LogP contribution in [0.25, 0.3) is 44.2 Å². The molecule has 0 N–H and O–H groups in total. The average molecular weight is 864 g/mol. The van der Waals surface area contributed by atoms with Crippen molar-refractivity contribution in [1.29, 1.82) is 0 Å². The van der Waals surface area contributed by atoms with Crippen LogP contribution in [0, 0.1) is 0 Å². The van der Waals surface area contributed by atoms with Crippen LogP contribution in [-0.2, 0) is 10.8 Å². The summed E-state index contributed by atoms with van der Waals surface area (Å²) in [6, 6.07) is 73.5. The summed E-state index contributed by atoms with van der Waals surface area (Å²) in [5.74, 6) is 1.73. The van der Waals surface area contributed by atoms with Crippen LogP contribution in [0.4, 0.5) is 17.1 Å². The van der Waals surface area contributed by atoms with Gasteiger partial charge in [0.05, 0.1) is 27.6 Å². The number of fused-ring (bicyclic) bond motifs is 19. The van der Waals surface area contributed by atoms with Gasteiger partial charge in [-0.05, 0) is 119 Å². The topological polar surface area (TPSA) is 25.6 Å². The minimum absolute atomic E-state index is 0.593. The molecular formula is C62H41NO2S. The molecule has 0 fully saturated rings. The Morgan fingerprint density at radius 2 is 1.03 bits per heavy atom. The molecule has 2 aliphatic carbocycles. The Bertz CT molecular complexity index is 3680. The van der Waals surface area contributed by atoms with Gasteiger partial charge in [0.25, 0.3) is 0 Å². The molecular weight excluding hydrogens is 823 g/mol. The predicted octanol–water partition coefficient (Wildman–Crippen LogP) is 16.8. The van der Waals surface area contributed by atoms with E-state index in [0.717, 1.165) is 61.6 Å². The highest BCUT2D eigenvalue weighted by molar-refractivity contribution is 8.03. The van der Waals surface area contributed by atoms with E-state index in [0.29, 0.717) is 0 Å². The van der Waals surface area contributed by atoms with Crippen LogP contribution in [0.2, 0.25) is 0 Å². The van der Waals surface area contributed by atoms with Gasteiger partial charge >= 0.3 is 0 Å². The highest BCUT2D eigenvalue weighted by Gasteiger charge is 2.53. The quantitative estimate of drug-likeness (QED) is 0.176. The molecule has 1 aromatic heterocycles. The number of para-hydroxylation sites is 2. The number of rotatable bonds is 4. The second-order valence-electron chi connectivity index (χ2n) is 17.8. The first-order valence-corrected chi connectivity index (χ1v) is 23.6. The number of hydrogen-bond donors (Lipinski definition) is 0. The minimum Gasteiger partial charge on any atom is -0.457 e. The fourth-order valence-electron chi connectivity index (χ4n) is 12.3. The molecule has 10 aromatic rings. The number of furan rings is 1. The number of nitrogens with zero attached hydrogens (tertiary/aromatic N) is 1. The molecule has 0 saturated heterocycles. The van der Waals surface area contributed by atoms with Crippen LogP contribution in [0.1, 0.15) is 52.8 Å². The van der Waals surface area contributed by atoms with E-state index in [1.54, 1.807) is 0 Å². The van der Waals surface area contributed by atoms with E-state index in [4.69, 9.17) is 9.15 Å². The van der Waals surface area contributed by atoms with Crippen molar-refractivity contribution in [2.45, 2.75) is 29.6 Å². The molecule has 0 radical (unpaired) electrons. The Morgan fingerprint density at radius 1 is 0.485 bits per heavy atom. The lowest BCUT2D eigenvalue weighted by Gasteiger charge is -2.43. The normalized spacial score (nSPS) is 15.3. The standard InChI is InChI=1S/C62H41NO2S/c1-3-18-57-38(2)61(45-24-9-4-19-40(45)41-20-5-10-25-46(41)61)60-52(30-17-34-58(60)66-57)63(51-29-16-33-56-59(51)44-23-8-14-31-53(44)64-56)39-35-36-55-50(37-39)62(49-28-13-15-32-54(49)65-55)47-26-11-6-21-42(47)43-22-7-12-27-48(43)62/h3-37H,1-2H3/b18-3-. The molecule has 0 unspecified atom stereocenters. The van der Waals surface area contributed by atoms with Crippen molar-refractivity contribution in [2.24, 2.45) is 0 Å². The summed E-state index contributed by atoms with van der Waals surface area (Å²) in [6.45, 7) is 4.49. The Hall–Kier alpha value is -7.79. The summed E-state index contributed by atoms with van der Waals surface area (Å²) >= 11 is 1.87. The summed E-state index contributed by atoms with van der Waals surface area (Å²) < 4.78 is 13.7. The molecule has 0 amide bonds. The smallest absolute Gasteiger partial charge is 0.137 e. The molecule has 4 heteroatoms. The van der Waals surface area contributed by atoms with Crippen molar-refractivity contribution in [1.82, 2.24) is 0 Å². The van der Waals surface area contributed by atoms with Crippen molar-refractivity contribution in [3.05, 3.63) is 262 Å². The van der Waals surface area contributed by atoms with Gasteiger partial charge in [0.15, 0.2) is 0 Å². The average Bonchev–Trinajstić information content (AvgIpc) is 4.00. The third-order valence-corrected chi connectivity index (χ3v) is 16.0. The second-order valence-corrected chi connectivity index (χ2v) is 18.9. The third-order valence-electron chi connectivity index (χ3n) is 14.8. The number of thioether (sulfide) groups is 1. The van der Waals surface area contributed by atoms with Gasteiger partial charge in [-0.15, -0.1) is 0 Å². The first kappa shape index (κ1) is 37.6. The van der Waals surface area contributed by atoms with Gasteiger partial charge in [-0.25, -0.2) is 0 Å². The maximum atomic E-state index is 7.00. The van der Waals surface area contributed by atoms with Crippen molar-refractivity contribution in [2.75, 3.05) is 4.90 Å². The lowest BCUT2D eigenvalue weighted by Crippen LogP contribution is -2.34. The molecule has 0 saturated carbocycles. The number of benzene rings is 9. The maximum absolute atomic E-state index is 7.00. The Kier molecular flexibility index (Phi) is 7.89. The Balaban J connectivity index is 1.13. The van der Waals surface area contributed by atoms with E-state index in [2.05, 4.69) is 231 Å². The molecule has 14 rings (SSSR count). The molecule has 3 nitrogen and oxygen atoms in total. The van der Waals surface area contributed by atoms with Gasteiger partial charge < -0.3 is 14.1 Å². The molecule has 4 aliphatic rings. The molecule has 3 heterocycles. The zero-order valence-corrected chi connectivity index (χ0v) is 37.2. The highest BCUT2D eigenvalue weighted by Crippen LogP contribution is 2.66. The van der Waals surface area contributed by atoms with Gasteiger partial charge in [-0.2, -0.15) is 0 Å². The van der Waals surface area contributed by atoms with Crippen molar-refractivity contribution in [3.8, 4) is 33.8 Å². The molecule has 2 aliphatic heterocycles. The highest BCUT2D eigenvalue weighted by atomic mass is 32.2. The number of ether oxygens (including phenoxy) is 1. The van der Waals surface area contributed by atoms with Crippen molar-refractivity contribution >= 4 is 50.8 Å². The zero-order valence-electron chi connectivity index (χ0n) is 36.4. The van der Waals surface area contributed by atoms with E-state index in [1.807, 2.05) is 11.8 Å². The first-order valence-electron chi connectivity index (χ1n) is 22.8. The minimum atomic E-state index is -0.634. The fraction of sp³-hybridized carbons (Fsp3) is 0.0645. The summed E-state index contributed by atoms with van der Waals surface area (Å²) in [5, 5.41) is 2.15. The molecule has 312 valence electrons. The summed E-state index contributed by atoms with van der Waals surface area (Å²) in [4.78, 5) is 5.04. The van der Waals surface area contributed by atoms with E-state index in [9.17, 15) is 0 Å². The lowest BCUT2D eigenvalue weighted by atomic mass is 9.66. The van der Waals surface area contributed by atoms with Crippen molar-refractivity contribution < 1.29 is 9.15 Å². The fourth-order valence-corrected chi connectivity index (χ4v) is 13.5. The third kappa shape index (κ3) is 4.74. The predicted molar refractivity (Wildman–Crippen MR) is 271 cm³/mol. The van der Waals surface area contributed by atoms with E-state index >= 15 is 0 Å². The summed E-state index contributed by atoms with van der Waals surface area (Å²) in [5.41, 5.74) is 18.7. The zero-order chi connectivity index (χ0) is 43.7. The van der Waals surface area contributed by atoms with Crippen LogP contribution in [0.15, 0.2) is 232 Å². The Labute approximate surface area is 388 Å². The molecule has 66 heavy (non-hydrogen) atoms. The van der Waals surface area contributed by atoms with Crippen LogP contribution in [0.3, 0.4) is 0 Å². The van der Waals surface area contributed by atoms with Gasteiger partial charge in [0.1, 0.15) is 22.7 Å². The summed E-state index contributed by atoms with van der Waals surface area (Å²) in [6.07, 6.45) is 4.48. The number of anilines is 3. The summed E-state index contributed by atoms with van der Waals surface area (Å²) in [7, 11) is 0. The van der Waals surface area contributed by atoms with Gasteiger partial charge in [0, 0.05) is 37.6 Å². The lowest BCUT2D eigenvalue weighted by molar-refractivity contribution is 0.436. The molecule has 2 spiro atoms. The van der Waals surface area contributed by atoms with E-state index in [1.165, 1.54) is 65.4 Å². The van der Waals surface area contributed by atoms with E-state index < -0.39 is 10.8 Å². The van der Waals surface area contributed by atoms with Gasteiger partial charge in [0.2, 0.25) is 0 Å². The van der Waals surface area contributed by atoms with Gasteiger partial charge in [-0.1, -0.05) is 170 Å². The number of allylic oxidation sites excluding steroid dienone is 3. The van der Waals surface area contributed by atoms with Crippen molar-refractivity contribution in [3.63, 3.8) is 0 Å². The first-order chi connectivity index (χ1) is 32.6. The second kappa shape index (κ2) is 13.9. The monoisotopic (exact) mass is 863 g/mol. The van der Waals surface area contributed by atoms with Gasteiger partial charge in [-0.3, -0.25) is 0 Å². The van der Waals surface area contributed by atoms with Crippen LogP contribution >= 0.6 is 11.8 Å². The van der Waals surface area contributed by atoms with Crippen LogP contribution in [-0.4, -0.2) is 0 Å². The Morgan fingerprint density at radius 3 is 1.71 bits per heavy atom. The molecule has 0 bridgehead atoms. The van der Waals surface area contributed by atoms with Crippen LogP contribution < -0.4 is 9.64 Å². The number of hydrogen-bond acceptors (Lipinski definition) is 4. The molecule has 9 aromatic carbocycles. The SMILES string of the molecule is C/C=C\C1=C(C)C2(c3ccccc3-c3ccccc32)c2c(cccc2N(c2ccc3c(c2)C2(c4ccccc4O3)c3ccccc3-c3ccccc32)c2cccc3oc4ccccc4c23)S1. The van der Waals surface area contributed by atoms with E-state index in [-0.39, 0.29) is 0 Å². The van der Waals surface area contributed by atoms with Crippen LogP contribution in [0.5, 0.6) is 11.5 Å². The molecule has 0 atom stereocenters. The largest absolute Gasteiger partial charge is 0.457 e.